The van der Waals surface area contributed by atoms with Crippen molar-refractivity contribution < 1.29 is 8.85 Å². The van der Waals surface area contributed by atoms with Gasteiger partial charge >= 0.3 is 10.0 Å². The number of hydrogen-bond donors (Lipinski definition) is 0. The maximum atomic E-state index is 4.61. The summed E-state index contributed by atoms with van der Waals surface area (Å²) in [6.45, 7) is 0. The van der Waals surface area contributed by atoms with Crippen molar-refractivity contribution in [2.45, 2.75) is 64.2 Å². The lowest BCUT2D eigenvalue weighted by molar-refractivity contribution is 0.309. The highest BCUT2D eigenvalue weighted by Gasteiger charge is 2.09. The fourth-order valence-electron chi connectivity index (χ4n) is 2.73. The molecule has 0 spiro atoms. The summed E-state index contributed by atoms with van der Waals surface area (Å²) in [7, 11) is 2.73. The summed E-state index contributed by atoms with van der Waals surface area (Å²) in [5.74, 6) is 0. The maximum Gasteiger partial charge on any atom is 0.303 e. The Morgan fingerprint density at radius 2 is 1.21 bits per heavy atom. The van der Waals surface area contributed by atoms with Crippen molar-refractivity contribution in [2.75, 3.05) is 14.2 Å². The first-order valence-corrected chi connectivity index (χ1v) is 8.90. The largest absolute Gasteiger partial charge is 0.402 e. The van der Waals surface area contributed by atoms with Gasteiger partial charge < -0.3 is 8.85 Å². The lowest BCUT2D eigenvalue weighted by Crippen LogP contribution is -1.93. The minimum atomic E-state index is -0.568. The third-order valence-corrected chi connectivity index (χ3v) is 4.20. The van der Waals surface area contributed by atoms with E-state index < -0.39 is 10.0 Å². The second-order valence-electron chi connectivity index (χ2n) is 5.35. The molecule has 110 valence electrons. The molecule has 0 aromatic rings. The number of rotatable bonds is 3. The molecule has 0 saturated carbocycles. The highest BCUT2D eigenvalue weighted by Crippen LogP contribution is 2.29. The van der Waals surface area contributed by atoms with Crippen LogP contribution in [0.5, 0.6) is 0 Å². The lowest BCUT2D eigenvalue weighted by atomic mass is 9.97. The minimum Gasteiger partial charge on any atom is -0.402 e. The van der Waals surface area contributed by atoms with Crippen LogP contribution in [0.1, 0.15) is 64.2 Å². The summed E-state index contributed by atoms with van der Waals surface area (Å²) in [6, 6.07) is 0. The second kappa shape index (κ2) is 11.4. The molecule has 0 unspecified atom stereocenters. The fraction of sp³-hybridized carbons (Fsp3) is 0.750. The average Bonchev–Trinajstić information content (AvgIpc) is 2.85. The van der Waals surface area contributed by atoms with E-state index >= 15 is 0 Å². The van der Waals surface area contributed by atoms with Crippen LogP contribution < -0.4 is 0 Å². The average molecular weight is 282 g/mol. The summed E-state index contributed by atoms with van der Waals surface area (Å²) in [6.07, 6.45) is 18.9. The van der Waals surface area contributed by atoms with Crippen molar-refractivity contribution >= 4 is 10.0 Å². The molecule has 0 bridgehead atoms. The highest BCUT2D eigenvalue weighted by atomic mass is 28.3. The molecule has 0 saturated heterocycles. The first-order chi connectivity index (χ1) is 9.38. The highest BCUT2D eigenvalue weighted by molar-refractivity contribution is 6.17. The van der Waals surface area contributed by atoms with E-state index in [1.165, 1.54) is 64.2 Å². The molecule has 0 amide bonds. The summed E-state index contributed by atoms with van der Waals surface area (Å²) in [4.78, 5) is 0. The Balaban J connectivity index is 0.000000312. The van der Waals surface area contributed by atoms with Crippen LogP contribution in [0.25, 0.3) is 0 Å². The summed E-state index contributed by atoms with van der Waals surface area (Å²) < 4.78 is 9.22. The molecule has 0 N–H and O–H groups in total. The molecule has 0 aromatic carbocycles. The molecule has 0 aliphatic heterocycles. The smallest absolute Gasteiger partial charge is 0.303 e. The lowest BCUT2D eigenvalue weighted by Gasteiger charge is -2.09. The van der Waals surface area contributed by atoms with Gasteiger partial charge in [-0.3, -0.25) is 0 Å². The van der Waals surface area contributed by atoms with E-state index in [1.54, 1.807) is 25.4 Å². The molecule has 3 heteroatoms. The molecule has 2 nitrogen and oxygen atoms in total. The van der Waals surface area contributed by atoms with E-state index in [2.05, 4.69) is 21.0 Å². The Bertz CT molecular complexity index is 256. The molecule has 2 rings (SSSR count). The van der Waals surface area contributed by atoms with Crippen LogP contribution in [0.15, 0.2) is 23.3 Å². The molecular formula is C16H30O2Si. The molecular weight excluding hydrogens is 252 g/mol. The van der Waals surface area contributed by atoms with Gasteiger partial charge in [-0.15, -0.1) is 0 Å². The van der Waals surface area contributed by atoms with Gasteiger partial charge in [0.15, 0.2) is 0 Å². The second-order valence-corrected chi connectivity index (χ2v) is 6.74. The number of hydrogen-bond acceptors (Lipinski definition) is 2. The van der Waals surface area contributed by atoms with Crippen LogP contribution in [0.3, 0.4) is 0 Å². The van der Waals surface area contributed by atoms with E-state index in [0.717, 1.165) is 0 Å². The van der Waals surface area contributed by atoms with Crippen molar-refractivity contribution in [1.82, 2.24) is 0 Å². The van der Waals surface area contributed by atoms with Crippen LogP contribution in [-0.2, 0) is 8.85 Å². The molecule has 0 atom stereocenters. The quantitative estimate of drug-likeness (QED) is 0.727. The van der Waals surface area contributed by atoms with Crippen molar-refractivity contribution in [3.05, 3.63) is 23.3 Å². The van der Waals surface area contributed by atoms with Crippen molar-refractivity contribution in [3.63, 3.8) is 0 Å². The van der Waals surface area contributed by atoms with Crippen molar-refractivity contribution in [3.8, 4) is 0 Å². The molecule has 0 heterocycles. The molecule has 2 aliphatic carbocycles. The van der Waals surface area contributed by atoms with Gasteiger partial charge in [-0.25, -0.2) is 0 Å². The Morgan fingerprint density at radius 3 is 1.58 bits per heavy atom. The van der Waals surface area contributed by atoms with E-state index in [1.807, 2.05) is 0 Å². The third kappa shape index (κ3) is 7.70. The number of allylic oxidation sites excluding steroid dienone is 4. The molecule has 0 fully saturated rings. The maximum absolute atomic E-state index is 4.61. The minimum absolute atomic E-state index is 0.568. The van der Waals surface area contributed by atoms with Gasteiger partial charge in [0.2, 0.25) is 0 Å². The summed E-state index contributed by atoms with van der Waals surface area (Å²) >= 11 is 0. The Morgan fingerprint density at radius 1 is 0.737 bits per heavy atom. The van der Waals surface area contributed by atoms with Crippen LogP contribution in [0.2, 0.25) is 0 Å². The Kier molecular flexibility index (Phi) is 10.0. The third-order valence-electron chi connectivity index (χ3n) is 3.73. The molecule has 19 heavy (non-hydrogen) atoms. The Hall–Kier alpha value is -0.383. The van der Waals surface area contributed by atoms with Crippen LogP contribution in [0, 0.1) is 0 Å². The SMILES string of the molecule is C1=C(C2=CCCCCC2)CCCCC1.CO[SiH2]OC. The standard InChI is InChI=1S/C14H22.C2H8O2Si/c1-2-6-10-13(9-5-1)14-11-7-3-4-8-12-14;1-3-5-4-2/h9,11H,1-8,10,12H2;5H2,1-2H3. The topological polar surface area (TPSA) is 18.5 Å². The van der Waals surface area contributed by atoms with E-state index in [0.29, 0.717) is 0 Å². The van der Waals surface area contributed by atoms with E-state index in [9.17, 15) is 0 Å². The zero-order valence-corrected chi connectivity index (χ0v) is 14.2. The first kappa shape index (κ1) is 16.7. The van der Waals surface area contributed by atoms with Crippen LogP contribution >= 0.6 is 0 Å². The Labute approximate surface area is 121 Å². The van der Waals surface area contributed by atoms with Gasteiger partial charge in [0.1, 0.15) is 0 Å². The predicted molar refractivity (Wildman–Crippen MR) is 84.9 cm³/mol. The molecule has 2 aliphatic rings. The van der Waals surface area contributed by atoms with Crippen molar-refractivity contribution in [1.29, 1.82) is 0 Å². The van der Waals surface area contributed by atoms with Crippen molar-refractivity contribution in [2.24, 2.45) is 0 Å². The van der Waals surface area contributed by atoms with E-state index in [-0.39, 0.29) is 0 Å². The zero-order chi connectivity index (χ0) is 13.8. The normalized spacial score (nSPS) is 20.3. The van der Waals surface area contributed by atoms with Crippen LogP contribution in [-0.4, -0.2) is 24.2 Å². The predicted octanol–water partition coefficient (Wildman–Crippen LogP) is 4.05. The van der Waals surface area contributed by atoms with E-state index in [4.69, 9.17) is 0 Å². The molecule has 0 radical (unpaired) electrons. The first-order valence-electron chi connectivity index (χ1n) is 7.74. The van der Waals surface area contributed by atoms with Gasteiger partial charge in [-0.1, -0.05) is 25.0 Å². The van der Waals surface area contributed by atoms with Crippen LogP contribution in [0.4, 0.5) is 0 Å². The van der Waals surface area contributed by atoms with Gasteiger partial charge in [0, 0.05) is 14.2 Å². The molecule has 0 aromatic heterocycles. The zero-order valence-electron chi connectivity index (χ0n) is 12.7. The van der Waals surface area contributed by atoms with Gasteiger partial charge in [-0.05, 0) is 62.5 Å². The van der Waals surface area contributed by atoms with Gasteiger partial charge in [-0.2, -0.15) is 0 Å². The summed E-state index contributed by atoms with van der Waals surface area (Å²) in [5, 5.41) is 0. The van der Waals surface area contributed by atoms with Gasteiger partial charge in [0.05, 0.1) is 0 Å². The summed E-state index contributed by atoms with van der Waals surface area (Å²) in [5.41, 5.74) is 3.40. The fourth-order valence-corrected chi connectivity index (χ4v) is 2.97. The van der Waals surface area contributed by atoms with Gasteiger partial charge in [0.25, 0.3) is 0 Å². The monoisotopic (exact) mass is 282 g/mol.